The summed E-state index contributed by atoms with van der Waals surface area (Å²) < 4.78 is 5.44. The van der Waals surface area contributed by atoms with Crippen molar-refractivity contribution in [3.05, 3.63) is 34.9 Å². The average Bonchev–Trinajstić information content (AvgIpc) is 2.38. The van der Waals surface area contributed by atoms with Gasteiger partial charge in [-0.1, -0.05) is 29.8 Å². The Hall–Kier alpha value is -0.570. The minimum atomic E-state index is 0.124. The predicted molar refractivity (Wildman–Crippen MR) is 87.7 cm³/mol. The molecule has 0 aliphatic rings. The second-order valence-electron chi connectivity index (χ2n) is 6.19. The Bertz CT molecular complexity index is 387. The Morgan fingerprint density at radius 2 is 1.95 bits per heavy atom. The molecule has 1 atom stereocenters. The molecular weight excluding hydrogens is 270 g/mol. The maximum atomic E-state index is 6.35. The van der Waals surface area contributed by atoms with Crippen molar-refractivity contribution in [3.63, 3.8) is 0 Å². The molecular formula is C17H28ClNO. The van der Waals surface area contributed by atoms with Crippen molar-refractivity contribution in [2.24, 2.45) is 0 Å². The zero-order valence-electron chi connectivity index (χ0n) is 13.2. The molecule has 2 nitrogen and oxygen atoms in total. The highest BCUT2D eigenvalue weighted by Gasteiger charge is 2.17. The molecule has 0 saturated heterocycles. The summed E-state index contributed by atoms with van der Waals surface area (Å²) in [7, 11) is 0. The Balaban J connectivity index is 2.66. The fourth-order valence-electron chi connectivity index (χ4n) is 2.18. The largest absolute Gasteiger partial charge is 0.382 e. The molecule has 0 spiro atoms. The molecule has 0 radical (unpaired) electrons. The summed E-state index contributed by atoms with van der Waals surface area (Å²) >= 11 is 6.35. The van der Waals surface area contributed by atoms with Crippen LogP contribution >= 0.6 is 11.6 Å². The third-order valence-electron chi connectivity index (χ3n) is 3.27. The van der Waals surface area contributed by atoms with Gasteiger partial charge in [0.1, 0.15) is 0 Å². The number of rotatable bonds is 8. The Labute approximate surface area is 128 Å². The lowest BCUT2D eigenvalue weighted by Crippen LogP contribution is -2.38. The van der Waals surface area contributed by atoms with Crippen LogP contribution in [0.1, 0.15) is 52.0 Å². The van der Waals surface area contributed by atoms with Crippen molar-refractivity contribution in [3.8, 4) is 0 Å². The molecule has 1 rings (SSSR count). The summed E-state index contributed by atoms with van der Waals surface area (Å²) in [5.74, 6) is 0.434. The van der Waals surface area contributed by atoms with E-state index in [1.54, 1.807) is 0 Å². The van der Waals surface area contributed by atoms with E-state index in [4.69, 9.17) is 16.3 Å². The van der Waals surface area contributed by atoms with Crippen LogP contribution in [0.5, 0.6) is 0 Å². The van der Waals surface area contributed by atoms with Gasteiger partial charge in [-0.3, -0.25) is 0 Å². The maximum Gasteiger partial charge on any atom is 0.0466 e. The Morgan fingerprint density at radius 3 is 2.55 bits per heavy atom. The molecule has 20 heavy (non-hydrogen) atoms. The second kappa shape index (κ2) is 8.66. The van der Waals surface area contributed by atoms with Crippen LogP contribution in [0.2, 0.25) is 5.02 Å². The molecule has 0 aliphatic carbocycles. The van der Waals surface area contributed by atoms with Gasteiger partial charge in [-0.15, -0.1) is 0 Å². The normalized spacial score (nSPS) is 13.4. The summed E-state index contributed by atoms with van der Waals surface area (Å²) in [6.07, 6.45) is 2.16. The standard InChI is InChI=1S/C17H28ClNO/c1-5-20-12-8-9-14(13-19-17(2,3)4)15-10-6-7-11-16(15)18/h6-7,10-11,14,19H,5,8-9,12-13H2,1-4H3. The van der Waals surface area contributed by atoms with E-state index in [1.165, 1.54) is 5.56 Å². The number of hydrogen-bond donors (Lipinski definition) is 1. The van der Waals surface area contributed by atoms with E-state index in [9.17, 15) is 0 Å². The maximum absolute atomic E-state index is 6.35. The summed E-state index contributed by atoms with van der Waals surface area (Å²) in [5, 5.41) is 4.45. The highest BCUT2D eigenvalue weighted by Crippen LogP contribution is 2.28. The topological polar surface area (TPSA) is 21.3 Å². The monoisotopic (exact) mass is 297 g/mol. The summed E-state index contributed by atoms with van der Waals surface area (Å²) in [4.78, 5) is 0. The fraction of sp³-hybridized carbons (Fsp3) is 0.647. The van der Waals surface area contributed by atoms with Crippen LogP contribution in [0.15, 0.2) is 24.3 Å². The molecule has 0 heterocycles. The van der Waals surface area contributed by atoms with Gasteiger partial charge in [-0.25, -0.2) is 0 Å². The van der Waals surface area contributed by atoms with Crippen LogP contribution in [0, 0.1) is 0 Å². The van der Waals surface area contributed by atoms with Crippen molar-refractivity contribution in [1.29, 1.82) is 0 Å². The van der Waals surface area contributed by atoms with Gasteiger partial charge in [0.05, 0.1) is 0 Å². The van der Waals surface area contributed by atoms with Crippen LogP contribution in [0.25, 0.3) is 0 Å². The number of ether oxygens (including phenoxy) is 1. The zero-order chi connectivity index (χ0) is 15.0. The Morgan fingerprint density at radius 1 is 1.25 bits per heavy atom. The van der Waals surface area contributed by atoms with E-state index < -0.39 is 0 Å². The second-order valence-corrected chi connectivity index (χ2v) is 6.60. The lowest BCUT2D eigenvalue weighted by molar-refractivity contribution is 0.141. The van der Waals surface area contributed by atoms with Crippen molar-refractivity contribution >= 4 is 11.6 Å². The molecule has 0 aromatic heterocycles. The van der Waals surface area contributed by atoms with Gasteiger partial charge in [-0.05, 0) is 58.1 Å². The SMILES string of the molecule is CCOCCCC(CNC(C)(C)C)c1ccccc1Cl. The average molecular weight is 298 g/mol. The molecule has 3 heteroatoms. The van der Waals surface area contributed by atoms with Crippen molar-refractivity contribution < 1.29 is 4.74 Å². The van der Waals surface area contributed by atoms with Gasteiger partial charge in [-0.2, -0.15) is 0 Å². The van der Waals surface area contributed by atoms with Gasteiger partial charge >= 0.3 is 0 Å². The highest BCUT2D eigenvalue weighted by molar-refractivity contribution is 6.31. The molecule has 0 amide bonds. The smallest absolute Gasteiger partial charge is 0.0466 e. The van der Waals surface area contributed by atoms with Crippen LogP contribution in [-0.4, -0.2) is 25.3 Å². The summed E-state index contributed by atoms with van der Waals surface area (Å²) in [6.45, 7) is 11.2. The molecule has 0 fully saturated rings. The minimum Gasteiger partial charge on any atom is -0.382 e. The highest BCUT2D eigenvalue weighted by atomic mass is 35.5. The van der Waals surface area contributed by atoms with Gasteiger partial charge in [0.2, 0.25) is 0 Å². The molecule has 1 aromatic rings. The molecule has 114 valence electrons. The first-order valence-corrected chi connectivity index (χ1v) is 7.89. The molecule has 1 aromatic carbocycles. The minimum absolute atomic E-state index is 0.124. The van der Waals surface area contributed by atoms with Gasteiger partial charge in [0.15, 0.2) is 0 Å². The van der Waals surface area contributed by atoms with E-state index in [2.05, 4.69) is 38.2 Å². The van der Waals surface area contributed by atoms with Gasteiger partial charge in [0, 0.05) is 30.3 Å². The van der Waals surface area contributed by atoms with Crippen LogP contribution in [-0.2, 0) is 4.74 Å². The van der Waals surface area contributed by atoms with Gasteiger partial charge < -0.3 is 10.1 Å². The van der Waals surface area contributed by atoms with E-state index in [-0.39, 0.29) is 5.54 Å². The summed E-state index contributed by atoms with van der Waals surface area (Å²) in [6, 6.07) is 8.16. The molecule has 1 unspecified atom stereocenters. The third-order valence-corrected chi connectivity index (χ3v) is 3.61. The van der Waals surface area contributed by atoms with Crippen molar-refractivity contribution in [2.75, 3.05) is 19.8 Å². The number of nitrogens with one attached hydrogen (secondary N) is 1. The quantitative estimate of drug-likeness (QED) is 0.707. The third kappa shape index (κ3) is 6.74. The first kappa shape index (κ1) is 17.5. The van der Waals surface area contributed by atoms with E-state index in [0.29, 0.717) is 5.92 Å². The van der Waals surface area contributed by atoms with Crippen molar-refractivity contribution in [2.45, 2.75) is 52.0 Å². The fourth-order valence-corrected chi connectivity index (χ4v) is 2.47. The lowest BCUT2D eigenvalue weighted by atomic mass is 9.93. The lowest BCUT2D eigenvalue weighted by Gasteiger charge is -2.26. The Kier molecular flexibility index (Phi) is 7.57. The molecule has 1 N–H and O–H groups in total. The number of hydrogen-bond acceptors (Lipinski definition) is 2. The van der Waals surface area contributed by atoms with E-state index >= 15 is 0 Å². The zero-order valence-corrected chi connectivity index (χ0v) is 14.0. The molecule has 0 bridgehead atoms. The van der Waals surface area contributed by atoms with E-state index in [0.717, 1.165) is 37.6 Å². The number of halogens is 1. The molecule has 0 saturated carbocycles. The first-order chi connectivity index (χ1) is 9.44. The summed E-state index contributed by atoms with van der Waals surface area (Å²) in [5.41, 5.74) is 1.36. The number of benzene rings is 1. The van der Waals surface area contributed by atoms with E-state index in [1.807, 2.05) is 19.1 Å². The van der Waals surface area contributed by atoms with Crippen molar-refractivity contribution in [1.82, 2.24) is 5.32 Å². The van der Waals surface area contributed by atoms with Gasteiger partial charge in [0.25, 0.3) is 0 Å². The van der Waals surface area contributed by atoms with Crippen LogP contribution < -0.4 is 5.32 Å². The molecule has 0 aliphatic heterocycles. The first-order valence-electron chi connectivity index (χ1n) is 7.51. The predicted octanol–water partition coefficient (Wildman–Crippen LogP) is 4.63. The van der Waals surface area contributed by atoms with Crippen LogP contribution in [0.3, 0.4) is 0 Å². The van der Waals surface area contributed by atoms with Crippen LogP contribution in [0.4, 0.5) is 0 Å².